The van der Waals surface area contributed by atoms with E-state index >= 15 is 0 Å². The summed E-state index contributed by atoms with van der Waals surface area (Å²) < 4.78 is 25.4. The van der Waals surface area contributed by atoms with Crippen LogP contribution in [0.25, 0.3) is 5.69 Å². The SMILES string of the molecule is Cc1ccn(-c2ccc3c(c2)OCO3)c(=O)c1C(=O)N1CCC(F)CC1. The number of fused-ring (bicyclic) bond motifs is 1. The third kappa shape index (κ3) is 2.83. The number of likely N-dealkylation sites (tertiary alicyclic amines) is 1. The Bertz CT molecular complexity index is 916. The molecule has 0 bridgehead atoms. The molecule has 2 aromatic rings. The van der Waals surface area contributed by atoms with E-state index in [1.165, 1.54) is 4.57 Å². The van der Waals surface area contributed by atoms with Crippen molar-refractivity contribution >= 4 is 5.91 Å². The van der Waals surface area contributed by atoms with Crippen LogP contribution < -0.4 is 15.0 Å². The Morgan fingerprint density at radius 2 is 1.88 bits per heavy atom. The van der Waals surface area contributed by atoms with Crippen molar-refractivity contribution < 1.29 is 18.7 Å². The van der Waals surface area contributed by atoms with Gasteiger partial charge in [0, 0.05) is 25.4 Å². The first kappa shape index (κ1) is 16.6. The number of benzene rings is 1. The molecule has 0 N–H and O–H groups in total. The molecule has 0 spiro atoms. The number of alkyl halides is 1. The molecule has 26 heavy (non-hydrogen) atoms. The Hall–Kier alpha value is -2.83. The summed E-state index contributed by atoms with van der Waals surface area (Å²) in [5.74, 6) is 0.849. The molecule has 1 aromatic heterocycles. The number of aromatic nitrogens is 1. The number of piperidine rings is 1. The Balaban J connectivity index is 1.72. The predicted molar refractivity (Wildman–Crippen MR) is 92.9 cm³/mol. The summed E-state index contributed by atoms with van der Waals surface area (Å²) in [5, 5.41) is 0. The number of hydrogen-bond donors (Lipinski definition) is 0. The first-order valence-corrected chi connectivity index (χ1v) is 8.60. The van der Waals surface area contributed by atoms with E-state index in [-0.39, 0.29) is 18.3 Å². The topological polar surface area (TPSA) is 60.8 Å². The molecular weight excluding hydrogens is 339 g/mol. The first-order valence-electron chi connectivity index (χ1n) is 8.60. The highest BCUT2D eigenvalue weighted by Gasteiger charge is 2.27. The fourth-order valence-electron chi connectivity index (χ4n) is 3.33. The minimum absolute atomic E-state index is 0.127. The molecule has 6 nitrogen and oxygen atoms in total. The van der Waals surface area contributed by atoms with E-state index in [2.05, 4.69) is 0 Å². The van der Waals surface area contributed by atoms with Crippen molar-refractivity contribution in [2.75, 3.05) is 19.9 Å². The Morgan fingerprint density at radius 1 is 1.15 bits per heavy atom. The van der Waals surface area contributed by atoms with Crippen molar-refractivity contribution in [1.82, 2.24) is 9.47 Å². The number of carbonyl (C=O) groups excluding carboxylic acids is 1. The Morgan fingerprint density at radius 3 is 2.65 bits per heavy atom. The van der Waals surface area contributed by atoms with Gasteiger partial charge >= 0.3 is 0 Å². The van der Waals surface area contributed by atoms with Crippen LogP contribution >= 0.6 is 0 Å². The lowest BCUT2D eigenvalue weighted by Gasteiger charge is -2.29. The molecule has 0 unspecified atom stereocenters. The van der Waals surface area contributed by atoms with Crippen LogP contribution in [0.1, 0.15) is 28.8 Å². The zero-order chi connectivity index (χ0) is 18.3. The van der Waals surface area contributed by atoms with Crippen molar-refractivity contribution in [2.45, 2.75) is 25.9 Å². The lowest BCUT2D eigenvalue weighted by atomic mass is 10.1. The van der Waals surface area contributed by atoms with Crippen LogP contribution in [0, 0.1) is 6.92 Å². The van der Waals surface area contributed by atoms with Gasteiger partial charge in [0.2, 0.25) is 6.79 Å². The molecule has 1 fully saturated rings. The van der Waals surface area contributed by atoms with Gasteiger partial charge in [0.05, 0.1) is 5.69 Å². The van der Waals surface area contributed by atoms with Crippen LogP contribution in [0.15, 0.2) is 35.3 Å². The number of hydrogen-bond acceptors (Lipinski definition) is 4. The molecule has 7 heteroatoms. The lowest BCUT2D eigenvalue weighted by molar-refractivity contribution is 0.0664. The van der Waals surface area contributed by atoms with Gasteiger partial charge in [-0.15, -0.1) is 0 Å². The summed E-state index contributed by atoms with van der Waals surface area (Å²) in [5.41, 5.74) is 0.939. The van der Waals surface area contributed by atoms with Crippen molar-refractivity contribution in [3.8, 4) is 17.2 Å². The molecular formula is C19H19FN2O4. The van der Waals surface area contributed by atoms with Crippen molar-refractivity contribution in [1.29, 1.82) is 0 Å². The molecule has 2 aliphatic heterocycles. The average molecular weight is 358 g/mol. The maximum absolute atomic E-state index is 13.4. The molecule has 1 aromatic carbocycles. The minimum Gasteiger partial charge on any atom is -0.454 e. The van der Waals surface area contributed by atoms with Crippen LogP contribution in [0.5, 0.6) is 11.5 Å². The average Bonchev–Trinajstić information content (AvgIpc) is 3.10. The largest absolute Gasteiger partial charge is 0.454 e. The molecule has 3 heterocycles. The third-order valence-corrected chi connectivity index (χ3v) is 4.86. The smallest absolute Gasteiger partial charge is 0.268 e. The van der Waals surface area contributed by atoms with Gasteiger partial charge in [0.15, 0.2) is 11.5 Å². The highest BCUT2D eigenvalue weighted by Crippen LogP contribution is 2.33. The number of rotatable bonds is 2. The molecule has 0 saturated carbocycles. The lowest BCUT2D eigenvalue weighted by Crippen LogP contribution is -2.42. The van der Waals surface area contributed by atoms with E-state index < -0.39 is 11.7 Å². The highest BCUT2D eigenvalue weighted by molar-refractivity contribution is 5.95. The normalized spacial score (nSPS) is 16.8. The van der Waals surface area contributed by atoms with Gasteiger partial charge in [-0.1, -0.05) is 0 Å². The fraction of sp³-hybridized carbons (Fsp3) is 0.368. The molecule has 2 aliphatic rings. The van der Waals surface area contributed by atoms with Crippen LogP contribution in [0.2, 0.25) is 0 Å². The monoisotopic (exact) mass is 358 g/mol. The predicted octanol–water partition coefficient (Wildman–Crippen LogP) is 2.45. The number of halogens is 1. The maximum Gasteiger partial charge on any atom is 0.268 e. The molecule has 136 valence electrons. The van der Waals surface area contributed by atoms with Crippen molar-refractivity contribution in [3.05, 3.63) is 51.9 Å². The van der Waals surface area contributed by atoms with E-state index in [1.54, 1.807) is 42.3 Å². The van der Waals surface area contributed by atoms with E-state index in [4.69, 9.17) is 9.47 Å². The van der Waals surface area contributed by atoms with Gasteiger partial charge in [-0.2, -0.15) is 0 Å². The van der Waals surface area contributed by atoms with Gasteiger partial charge in [-0.05, 0) is 43.5 Å². The number of pyridine rings is 1. The number of ether oxygens (including phenoxy) is 2. The Kier molecular flexibility index (Phi) is 4.14. The summed E-state index contributed by atoms with van der Waals surface area (Å²) >= 11 is 0. The summed E-state index contributed by atoms with van der Waals surface area (Å²) in [6.45, 7) is 2.55. The molecule has 0 radical (unpaired) electrons. The molecule has 4 rings (SSSR count). The number of aryl methyl sites for hydroxylation is 1. The van der Waals surface area contributed by atoms with E-state index in [1.807, 2.05) is 0 Å². The van der Waals surface area contributed by atoms with Crippen LogP contribution in [0.3, 0.4) is 0 Å². The van der Waals surface area contributed by atoms with E-state index in [9.17, 15) is 14.0 Å². The first-order chi connectivity index (χ1) is 12.5. The summed E-state index contributed by atoms with van der Waals surface area (Å²) in [6, 6.07) is 6.92. The Labute approximate surface area is 149 Å². The molecule has 1 saturated heterocycles. The van der Waals surface area contributed by atoms with Gasteiger partial charge in [0.25, 0.3) is 11.5 Å². The molecule has 1 amide bonds. The highest BCUT2D eigenvalue weighted by atomic mass is 19.1. The second-order valence-electron chi connectivity index (χ2n) is 6.55. The van der Waals surface area contributed by atoms with E-state index in [0.717, 1.165) is 0 Å². The van der Waals surface area contributed by atoms with Gasteiger partial charge in [-0.25, -0.2) is 4.39 Å². The van der Waals surface area contributed by atoms with Crippen LogP contribution in [-0.4, -0.2) is 41.4 Å². The quantitative estimate of drug-likeness (QED) is 0.827. The number of carbonyl (C=O) groups is 1. The molecule has 0 atom stereocenters. The minimum atomic E-state index is -0.874. The zero-order valence-corrected chi connectivity index (χ0v) is 14.4. The fourth-order valence-corrected chi connectivity index (χ4v) is 3.33. The van der Waals surface area contributed by atoms with Crippen molar-refractivity contribution in [3.63, 3.8) is 0 Å². The van der Waals surface area contributed by atoms with Crippen molar-refractivity contribution in [2.24, 2.45) is 0 Å². The summed E-state index contributed by atoms with van der Waals surface area (Å²) in [6.07, 6.45) is 1.39. The second-order valence-corrected chi connectivity index (χ2v) is 6.55. The standard InChI is InChI=1S/C19H19FN2O4/c1-12-4-9-22(14-2-3-15-16(10-14)26-11-25-15)19(24)17(12)18(23)21-7-5-13(20)6-8-21/h2-4,9-10,13H,5-8,11H2,1H3. The summed E-state index contributed by atoms with van der Waals surface area (Å²) in [7, 11) is 0. The number of nitrogens with zero attached hydrogens (tertiary/aromatic N) is 2. The second kappa shape index (κ2) is 6.48. The van der Waals surface area contributed by atoms with Gasteiger partial charge in [-0.3, -0.25) is 14.2 Å². The van der Waals surface area contributed by atoms with Crippen LogP contribution in [0.4, 0.5) is 4.39 Å². The van der Waals surface area contributed by atoms with Gasteiger partial charge < -0.3 is 14.4 Å². The summed E-state index contributed by atoms with van der Waals surface area (Å²) in [4.78, 5) is 27.4. The third-order valence-electron chi connectivity index (χ3n) is 4.86. The van der Waals surface area contributed by atoms with Gasteiger partial charge in [0.1, 0.15) is 11.7 Å². The zero-order valence-electron chi connectivity index (χ0n) is 14.4. The number of amides is 1. The van der Waals surface area contributed by atoms with E-state index in [0.29, 0.717) is 48.7 Å². The van der Waals surface area contributed by atoms with Crippen LogP contribution in [-0.2, 0) is 0 Å². The maximum atomic E-state index is 13.4. The molecule has 0 aliphatic carbocycles.